The van der Waals surface area contributed by atoms with Crippen LogP contribution in [-0.2, 0) is 4.74 Å². The average molecular weight is 190 g/mol. The lowest BCUT2D eigenvalue weighted by molar-refractivity contribution is 0.353. The number of benzene rings is 1. The van der Waals surface area contributed by atoms with Crippen molar-refractivity contribution < 1.29 is 4.74 Å². The molecule has 0 bridgehead atoms. The van der Waals surface area contributed by atoms with Gasteiger partial charge < -0.3 is 4.74 Å². The van der Waals surface area contributed by atoms with Crippen molar-refractivity contribution in [1.29, 1.82) is 0 Å². The fourth-order valence-corrected chi connectivity index (χ4v) is 2.01. The summed E-state index contributed by atoms with van der Waals surface area (Å²) in [6.07, 6.45) is 3.39. The molecule has 1 aliphatic rings. The largest absolute Gasteiger partial charge is 0.370 e. The van der Waals surface area contributed by atoms with Crippen molar-refractivity contribution in [2.75, 3.05) is 0 Å². The van der Waals surface area contributed by atoms with Gasteiger partial charge in [0.25, 0.3) is 0 Å². The lowest BCUT2D eigenvalue weighted by Crippen LogP contribution is -2.00. The van der Waals surface area contributed by atoms with Crippen molar-refractivity contribution in [2.24, 2.45) is 0 Å². The first kappa shape index (κ1) is 9.72. The van der Waals surface area contributed by atoms with E-state index in [4.69, 9.17) is 4.74 Å². The number of ether oxygens (including phenoxy) is 1. The number of hydrogen-bond donors (Lipinski definition) is 0. The van der Waals surface area contributed by atoms with Gasteiger partial charge in [0.2, 0.25) is 0 Å². The van der Waals surface area contributed by atoms with Crippen molar-refractivity contribution in [3.8, 4) is 0 Å². The quantitative estimate of drug-likeness (QED) is 0.663. The summed E-state index contributed by atoms with van der Waals surface area (Å²) in [7, 11) is 0. The second kappa shape index (κ2) is 4.14. The topological polar surface area (TPSA) is 12.5 Å². The maximum Gasteiger partial charge on any atom is 0.0847 e. The normalized spacial score (nSPS) is 27.3. The van der Waals surface area contributed by atoms with E-state index in [1.54, 1.807) is 0 Å². The molecule has 1 aromatic rings. The molecule has 2 rings (SSSR count). The monoisotopic (exact) mass is 190 g/mol. The highest BCUT2D eigenvalue weighted by atomic mass is 16.6. The van der Waals surface area contributed by atoms with E-state index in [9.17, 15) is 0 Å². The molecule has 1 aromatic carbocycles. The van der Waals surface area contributed by atoms with Gasteiger partial charge >= 0.3 is 0 Å². The van der Waals surface area contributed by atoms with Crippen LogP contribution in [0.4, 0.5) is 0 Å². The minimum absolute atomic E-state index is 0.523. The summed E-state index contributed by atoms with van der Waals surface area (Å²) in [5.74, 6) is 0.623. The molecule has 0 amide bonds. The third kappa shape index (κ3) is 2.16. The van der Waals surface area contributed by atoms with Crippen molar-refractivity contribution in [1.82, 2.24) is 0 Å². The predicted octanol–water partition coefficient (Wildman–Crippen LogP) is 3.36. The summed E-state index contributed by atoms with van der Waals surface area (Å²) in [6.45, 7) is 4.47. The molecule has 14 heavy (non-hydrogen) atoms. The van der Waals surface area contributed by atoms with Crippen molar-refractivity contribution in [2.45, 2.75) is 44.8 Å². The Morgan fingerprint density at radius 3 is 2.50 bits per heavy atom. The van der Waals surface area contributed by atoms with Crippen molar-refractivity contribution >= 4 is 0 Å². The summed E-state index contributed by atoms with van der Waals surface area (Å²) >= 11 is 0. The smallest absolute Gasteiger partial charge is 0.0847 e. The molecular formula is C13H18O. The highest BCUT2D eigenvalue weighted by molar-refractivity contribution is 5.19. The molecule has 0 spiro atoms. The molecule has 1 aliphatic heterocycles. The van der Waals surface area contributed by atoms with E-state index in [2.05, 4.69) is 44.2 Å². The van der Waals surface area contributed by atoms with Gasteiger partial charge in [-0.15, -0.1) is 0 Å². The summed E-state index contributed by atoms with van der Waals surface area (Å²) in [4.78, 5) is 0. The first-order valence-electron chi connectivity index (χ1n) is 5.51. The van der Waals surface area contributed by atoms with Crippen LogP contribution in [0, 0.1) is 0 Å². The highest BCUT2D eigenvalue weighted by Gasteiger charge is 2.37. The molecule has 1 heterocycles. The molecule has 1 saturated heterocycles. The van der Waals surface area contributed by atoms with Crippen LogP contribution in [0.25, 0.3) is 0 Å². The Kier molecular flexibility index (Phi) is 2.87. The van der Waals surface area contributed by atoms with Crippen LogP contribution < -0.4 is 0 Å². The lowest BCUT2D eigenvalue weighted by atomic mass is 9.95. The van der Waals surface area contributed by atoms with E-state index < -0.39 is 0 Å². The average Bonchev–Trinajstić information content (AvgIpc) is 2.98. The van der Waals surface area contributed by atoms with Gasteiger partial charge in [-0.05, 0) is 24.3 Å². The summed E-state index contributed by atoms with van der Waals surface area (Å²) < 4.78 is 5.56. The van der Waals surface area contributed by atoms with E-state index in [0.717, 1.165) is 6.42 Å². The fourth-order valence-electron chi connectivity index (χ4n) is 2.01. The van der Waals surface area contributed by atoms with E-state index in [0.29, 0.717) is 18.1 Å². The van der Waals surface area contributed by atoms with E-state index >= 15 is 0 Å². The summed E-state index contributed by atoms with van der Waals surface area (Å²) in [5.41, 5.74) is 1.43. The number of epoxide rings is 1. The molecule has 0 N–H and O–H groups in total. The second-order valence-corrected chi connectivity index (χ2v) is 4.17. The molecule has 0 aliphatic carbocycles. The van der Waals surface area contributed by atoms with Gasteiger partial charge in [-0.1, -0.05) is 44.2 Å². The van der Waals surface area contributed by atoms with Crippen molar-refractivity contribution in [3.05, 3.63) is 35.9 Å². The van der Waals surface area contributed by atoms with Crippen molar-refractivity contribution in [3.63, 3.8) is 0 Å². The minimum Gasteiger partial charge on any atom is -0.370 e. The number of rotatable bonds is 4. The summed E-state index contributed by atoms with van der Waals surface area (Å²) in [5, 5.41) is 0. The second-order valence-electron chi connectivity index (χ2n) is 4.17. The zero-order valence-electron chi connectivity index (χ0n) is 8.94. The zero-order chi connectivity index (χ0) is 9.97. The van der Waals surface area contributed by atoms with Gasteiger partial charge in [0.05, 0.1) is 12.2 Å². The zero-order valence-corrected chi connectivity index (χ0v) is 8.94. The highest BCUT2D eigenvalue weighted by Crippen LogP contribution is 2.34. The third-order valence-corrected chi connectivity index (χ3v) is 3.04. The number of hydrogen-bond acceptors (Lipinski definition) is 1. The first-order chi connectivity index (χ1) is 6.81. The van der Waals surface area contributed by atoms with E-state index in [1.807, 2.05) is 0 Å². The molecule has 0 saturated carbocycles. The van der Waals surface area contributed by atoms with Crippen LogP contribution >= 0.6 is 0 Å². The van der Waals surface area contributed by atoms with Crippen LogP contribution in [0.15, 0.2) is 30.3 Å². The Bertz CT molecular complexity index is 281. The Morgan fingerprint density at radius 2 is 1.93 bits per heavy atom. The van der Waals surface area contributed by atoms with Gasteiger partial charge in [0.15, 0.2) is 0 Å². The van der Waals surface area contributed by atoms with Gasteiger partial charge in [0, 0.05) is 0 Å². The van der Waals surface area contributed by atoms with Gasteiger partial charge in [0.1, 0.15) is 0 Å². The molecule has 0 radical (unpaired) electrons. The van der Waals surface area contributed by atoms with Gasteiger partial charge in [-0.25, -0.2) is 0 Å². The molecule has 3 unspecified atom stereocenters. The van der Waals surface area contributed by atoms with Crippen LogP contribution in [0.2, 0.25) is 0 Å². The van der Waals surface area contributed by atoms with Crippen LogP contribution in [0.3, 0.4) is 0 Å². The lowest BCUT2D eigenvalue weighted by Gasteiger charge is -2.09. The van der Waals surface area contributed by atoms with Crippen LogP contribution in [-0.4, -0.2) is 12.2 Å². The summed E-state index contributed by atoms with van der Waals surface area (Å²) in [6, 6.07) is 10.7. The molecule has 1 fully saturated rings. The Labute approximate surface area is 86.1 Å². The van der Waals surface area contributed by atoms with E-state index in [1.165, 1.54) is 12.0 Å². The SMILES string of the molecule is CCC1OC1CC(C)c1ccccc1. The van der Waals surface area contributed by atoms with Crippen LogP contribution in [0.5, 0.6) is 0 Å². The molecule has 0 aromatic heterocycles. The van der Waals surface area contributed by atoms with Gasteiger partial charge in [-0.3, -0.25) is 0 Å². The van der Waals surface area contributed by atoms with Crippen LogP contribution in [0.1, 0.15) is 38.2 Å². The molecule has 1 heteroatoms. The maximum absolute atomic E-state index is 5.56. The maximum atomic E-state index is 5.56. The standard InChI is InChI=1S/C13H18O/c1-3-12-13(14-12)9-10(2)11-7-5-4-6-8-11/h4-8,10,12-13H,3,9H2,1-2H3. The van der Waals surface area contributed by atoms with E-state index in [-0.39, 0.29) is 0 Å². The molecule has 76 valence electrons. The first-order valence-corrected chi connectivity index (χ1v) is 5.51. The molecule has 3 atom stereocenters. The molecular weight excluding hydrogens is 172 g/mol. The predicted molar refractivity (Wildman–Crippen MR) is 58.4 cm³/mol. The Balaban J connectivity index is 1.88. The Hall–Kier alpha value is -0.820. The fraction of sp³-hybridized carbons (Fsp3) is 0.538. The third-order valence-electron chi connectivity index (χ3n) is 3.04. The Morgan fingerprint density at radius 1 is 1.21 bits per heavy atom. The minimum atomic E-state index is 0.523. The van der Waals surface area contributed by atoms with Gasteiger partial charge in [-0.2, -0.15) is 0 Å². The molecule has 1 nitrogen and oxygen atoms in total.